The highest BCUT2D eigenvalue weighted by molar-refractivity contribution is 7.99. The lowest BCUT2D eigenvalue weighted by molar-refractivity contribution is 0.440. The molecule has 43 heavy (non-hydrogen) atoms. The molecular formula is C38H46O4S. The second-order valence-corrected chi connectivity index (χ2v) is 15.1. The van der Waals surface area contributed by atoms with Gasteiger partial charge in [0.25, 0.3) is 0 Å². The van der Waals surface area contributed by atoms with Gasteiger partial charge in [-0.1, -0.05) is 88.7 Å². The van der Waals surface area contributed by atoms with E-state index in [9.17, 15) is 20.4 Å². The molecule has 0 aromatic heterocycles. The van der Waals surface area contributed by atoms with E-state index in [1.807, 2.05) is 64.1 Å². The van der Waals surface area contributed by atoms with Crippen LogP contribution < -0.4 is 0 Å². The molecule has 4 aromatic rings. The monoisotopic (exact) mass is 598 g/mol. The Morgan fingerprint density at radius 1 is 0.535 bits per heavy atom. The van der Waals surface area contributed by atoms with Crippen molar-refractivity contribution < 1.29 is 20.4 Å². The zero-order valence-corrected chi connectivity index (χ0v) is 28.0. The molecule has 4 aromatic carbocycles. The number of rotatable bonds is 6. The smallest absolute Gasteiger partial charge is 0.122 e. The topological polar surface area (TPSA) is 80.9 Å². The minimum Gasteiger partial charge on any atom is -0.508 e. The Balaban J connectivity index is 1.83. The molecule has 0 spiro atoms. The summed E-state index contributed by atoms with van der Waals surface area (Å²) in [6.45, 7) is 20.5. The van der Waals surface area contributed by atoms with Crippen LogP contribution in [0.3, 0.4) is 0 Å². The third-order valence-corrected chi connectivity index (χ3v) is 9.50. The second-order valence-electron chi connectivity index (χ2n) is 14.0. The van der Waals surface area contributed by atoms with Crippen LogP contribution >= 0.6 is 11.8 Å². The van der Waals surface area contributed by atoms with Crippen LogP contribution in [0.4, 0.5) is 0 Å². The number of aromatic hydroxyl groups is 4. The number of phenolic OH excluding ortho intramolecular Hbond substituents is 4. The number of benzene rings is 4. The van der Waals surface area contributed by atoms with Crippen molar-refractivity contribution in [2.45, 2.75) is 103 Å². The van der Waals surface area contributed by atoms with Crippen LogP contribution in [0.1, 0.15) is 97.2 Å². The van der Waals surface area contributed by atoms with Gasteiger partial charge in [-0.15, -0.1) is 0 Å². The van der Waals surface area contributed by atoms with Gasteiger partial charge in [0.1, 0.15) is 23.0 Å². The fraction of sp³-hybridized carbons (Fsp3) is 0.368. The molecule has 228 valence electrons. The van der Waals surface area contributed by atoms with Crippen LogP contribution in [0, 0.1) is 27.7 Å². The van der Waals surface area contributed by atoms with Crippen LogP contribution in [-0.4, -0.2) is 20.4 Å². The van der Waals surface area contributed by atoms with E-state index in [4.69, 9.17) is 0 Å². The Labute approximate surface area is 261 Å². The van der Waals surface area contributed by atoms with Gasteiger partial charge in [-0.05, 0) is 107 Å². The third kappa shape index (κ3) is 6.83. The predicted octanol–water partition coefficient (Wildman–Crippen LogP) is 9.67. The van der Waals surface area contributed by atoms with Crippen molar-refractivity contribution in [3.05, 3.63) is 104 Å². The maximum Gasteiger partial charge on any atom is 0.122 e. The summed E-state index contributed by atoms with van der Waals surface area (Å²) >= 11 is 1.58. The van der Waals surface area contributed by atoms with Gasteiger partial charge in [0, 0.05) is 22.6 Å². The predicted molar refractivity (Wildman–Crippen MR) is 179 cm³/mol. The minimum absolute atomic E-state index is 0.212. The fourth-order valence-corrected chi connectivity index (χ4v) is 6.90. The van der Waals surface area contributed by atoms with Crippen molar-refractivity contribution >= 4 is 11.8 Å². The van der Waals surface area contributed by atoms with Crippen LogP contribution in [0.5, 0.6) is 23.0 Å². The highest BCUT2D eigenvalue weighted by Gasteiger charge is 2.24. The van der Waals surface area contributed by atoms with E-state index >= 15 is 0 Å². The first-order valence-corrected chi connectivity index (χ1v) is 15.7. The lowest BCUT2D eigenvalue weighted by Crippen LogP contribution is -2.13. The number of hydrogen-bond acceptors (Lipinski definition) is 5. The summed E-state index contributed by atoms with van der Waals surface area (Å²) in [6.07, 6.45) is 0.915. The van der Waals surface area contributed by atoms with Gasteiger partial charge in [-0.2, -0.15) is 0 Å². The summed E-state index contributed by atoms with van der Waals surface area (Å²) in [5.74, 6) is 1.01. The van der Waals surface area contributed by atoms with E-state index in [2.05, 4.69) is 41.5 Å². The molecule has 4 rings (SSSR count). The quantitative estimate of drug-likeness (QED) is 0.178. The van der Waals surface area contributed by atoms with E-state index < -0.39 is 0 Å². The molecule has 0 aliphatic rings. The molecule has 0 fully saturated rings. The number of phenols is 4. The summed E-state index contributed by atoms with van der Waals surface area (Å²) in [7, 11) is 0. The van der Waals surface area contributed by atoms with Gasteiger partial charge < -0.3 is 20.4 Å². The SMILES string of the molecule is Cc1cc(Cc2c(Sc3ccc(O)c(C)c3Cc3cc(C)cc(C(C)(C)C)c3O)ccc(O)c2C)c(O)c(C(C)(C)C)c1. The zero-order valence-electron chi connectivity index (χ0n) is 27.2. The average molecular weight is 599 g/mol. The Kier molecular flexibility index (Phi) is 8.91. The summed E-state index contributed by atoms with van der Waals surface area (Å²) < 4.78 is 0. The average Bonchev–Trinajstić information content (AvgIpc) is 2.89. The van der Waals surface area contributed by atoms with E-state index in [0.29, 0.717) is 24.3 Å². The van der Waals surface area contributed by atoms with E-state index in [0.717, 1.165) is 65.4 Å². The van der Waals surface area contributed by atoms with Gasteiger partial charge >= 0.3 is 0 Å². The molecule has 0 aliphatic heterocycles. The first-order valence-electron chi connectivity index (χ1n) is 14.8. The first kappa shape index (κ1) is 32.3. The molecule has 0 atom stereocenters. The summed E-state index contributed by atoms with van der Waals surface area (Å²) in [5.41, 5.74) is 8.58. The lowest BCUT2D eigenvalue weighted by Gasteiger charge is -2.24. The number of aryl methyl sites for hydroxylation is 2. The van der Waals surface area contributed by atoms with Crippen molar-refractivity contribution in [2.24, 2.45) is 0 Å². The summed E-state index contributed by atoms with van der Waals surface area (Å²) in [6, 6.07) is 15.4. The molecule has 0 aliphatic carbocycles. The molecule has 0 bridgehead atoms. The maximum absolute atomic E-state index is 11.3. The van der Waals surface area contributed by atoms with Crippen molar-refractivity contribution in [3.8, 4) is 23.0 Å². The molecule has 4 nitrogen and oxygen atoms in total. The Bertz CT molecular complexity index is 1560. The second kappa shape index (κ2) is 11.8. The van der Waals surface area contributed by atoms with Crippen molar-refractivity contribution in [1.29, 1.82) is 0 Å². The van der Waals surface area contributed by atoms with Gasteiger partial charge in [0.05, 0.1) is 0 Å². The van der Waals surface area contributed by atoms with E-state index in [-0.39, 0.29) is 22.3 Å². The van der Waals surface area contributed by atoms with Gasteiger partial charge in [-0.25, -0.2) is 0 Å². The maximum atomic E-state index is 11.3. The van der Waals surface area contributed by atoms with Gasteiger partial charge in [0.2, 0.25) is 0 Å². The third-order valence-electron chi connectivity index (χ3n) is 8.29. The van der Waals surface area contributed by atoms with Crippen LogP contribution in [0.25, 0.3) is 0 Å². The molecule has 0 unspecified atom stereocenters. The minimum atomic E-state index is -0.219. The van der Waals surface area contributed by atoms with Crippen LogP contribution in [0.2, 0.25) is 0 Å². The molecule has 0 heterocycles. The Morgan fingerprint density at radius 2 is 0.884 bits per heavy atom. The summed E-state index contributed by atoms with van der Waals surface area (Å²) in [5, 5.41) is 44.1. The first-order chi connectivity index (χ1) is 19.9. The molecule has 0 saturated heterocycles. The normalized spacial score (nSPS) is 12.1. The molecule has 0 saturated carbocycles. The van der Waals surface area contributed by atoms with Crippen molar-refractivity contribution in [1.82, 2.24) is 0 Å². The zero-order chi connectivity index (χ0) is 32.0. The Morgan fingerprint density at radius 3 is 1.21 bits per heavy atom. The van der Waals surface area contributed by atoms with Crippen LogP contribution in [-0.2, 0) is 23.7 Å². The highest BCUT2D eigenvalue weighted by atomic mass is 32.2. The van der Waals surface area contributed by atoms with Gasteiger partial charge in [0.15, 0.2) is 0 Å². The van der Waals surface area contributed by atoms with Crippen molar-refractivity contribution in [2.75, 3.05) is 0 Å². The van der Waals surface area contributed by atoms with E-state index in [1.165, 1.54) is 0 Å². The standard InChI is InChI=1S/C38H46O4S/c1-21-15-25(35(41)29(17-21)37(5,6)7)19-27-23(3)31(39)11-13-33(27)43-34-14-12-32(40)24(4)28(34)20-26-16-22(2)18-30(36(26)42)38(8,9)10/h11-18,39-42H,19-20H2,1-10H3. The van der Waals surface area contributed by atoms with E-state index in [1.54, 1.807) is 23.9 Å². The molecule has 0 radical (unpaired) electrons. The molecule has 0 amide bonds. The lowest BCUT2D eigenvalue weighted by atomic mass is 9.83. The molecular weight excluding hydrogens is 552 g/mol. The fourth-order valence-electron chi connectivity index (χ4n) is 5.69. The Hall–Kier alpha value is -3.57. The van der Waals surface area contributed by atoms with Gasteiger partial charge in [-0.3, -0.25) is 0 Å². The largest absolute Gasteiger partial charge is 0.508 e. The molecule has 5 heteroatoms. The summed E-state index contributed by atoms with van der Waals surface area (Å²) in [4.78, 5) is 1.92. The number of hydrogen-bond donors (Lipinski definition) is 4. The molecule has 4 N–H and O–H groups in total. The highest BCUT2D eigenvalue weighted by Crippen LogP contribution is 2.44. The van der Waals surface area contributed by atoms with Crippen molar-refractivity contribution in [3.63, 3.8) is 0 Å². The van der Waals surface area contributed by atoms with Crippen LogP contribution in [0.15, 0.2) is 58.3 Å².